The van der Waals surface area contributed by atoms with Crippen molar-refractivity contribution in [3.05, 3.63) is 89.8 Å². The van der Waals surface area contributed by atoms with Crippen LogP contribution < -0.4 is 14.4 Å². The van der Waals surface area contributed by atoms with E-state index in [1.54, 1.807) is 80.0 Å². The van der Waals surface area contributed by atoms with Gasteiger partial charge in [-0.05, 0) is 62.4 Å². The maximum absolute atomic E-state index is 13.2. The first-order valence-electron chi connectivity index (χ1n) is 10.5. The summed E-state index contributed by atoms with van der Waals surface area (Å²) < 4.78 is 10.9. The lowest BCUT2D eigenvalue weighted by Gasteiger charge is -2.24. The molecule has 7 nitrogen and oxygen atoms in total. The van der Waals surface area contributed by atoms with Crippen LogP contribution in [0.15, 0.2) is 78.5 Å². The molecule has 1 N–H and O–H groups in total. The highest BCUT2D eigenvalue weighted by Gasteiger charge is 2.47. The van der Waals surface area contributed by atoms with Gasteiger partial charge in [0.25, 0.3) is 11.7 Å². The highest BCUT2D eigenvalue weighted by Crippen LogP contribution is 2.42. The van der Waals surface area contributed by atoms with Crippen LogP contribution in [-0.2, 0) is 9.59 Å². The van der Waals surface area contributed by atoms with Crippen LogP contribution in [0.5, 0.6) is 11.5 Å². The number of amides is 1. The second-order valence-electron chi connectivity index (χ2n) is 7.82. The Hall–Kier alpha value is -4.13. The second-order valence-corrected chi connectivity index (χ2v) is 7.82. The van der Waals surface area contributed by atoms with Crippen molar-refractivity contribution in [1.29, 1.82) is 0 Å². The number of pyridine rings is 1. The van der Waals surface area contributed by atoms with Gasteiger partial charge >= 0.3 is 0 Å². The van der Waals surface area contributed by atoms with Crippen molar-refractivity contribution in [1.82, 2.24) is 4.98 Å². The number of anilines is 1. The smallest absolute Gasteiger partial charge is 0.300 e. The van der Waals surface area contributed by atoms with Crippen LogP contribution in [0.1, 0.15) is 31.1 Å². The number of rotatable bonds is 6. The summed E-state index contributed by atoms with van der Waals surface area (Å²) in [5.41, 5.74) is 1.30. The van der Waals surface area contributed by atoms with E-state index in [9.17, 15) is 14.7 Å². The van der Waals surface area contributed by atoms with Crippen LogP contribution in [0.2, 0.25) is 0 Å². The number of benzene rings is 2. The summed E-state index contributed by atoms with van der Waals surface area (Å²) in [7, 11) is 1.55. The molecule has 1 amide bonds. The van der Waals surface area contributed by atoms with Gasteiger partial charge in [-0.15, -0.1) is 0 Å². The molecule has 7 heteroatoms. The first kappa shape index (κ1) is 22.1. The number of nitrogens with zero attached hydrogens (tertiary/aromatic N) is 2. The Labute approximate surface area is 191 Å². The van der Waals surface area contributed by atoms with E-state index < -0.39 is 17.7 Å². The molecule has 0 bridgehead atoms. The molecule has 0 saturated carbocycles. The van der Waals surface area contributed by atoms with Gasteiger partial charge in [-0.3, -0.25) is 19.5 Å². The normalized spacial score (nSPS) is 17.5. The third kappa shape index (κ3) is 4.30. The van der Waals surface area contributed by atoms with Crippen molar-refractivity contribution in [2.24, 2.45) is 0 Å². The summed E-state index contributed by atoms with van der Waals surface area (Å²) in [6, 6.07) is 17.9. The number of ether oxygens (including phenoxy) is 2. The molecule has 0 aliphatic carbocycles. The van der Waals surface area contributed by atoms with Gasteiger partial charge in [0.05, 0.1) is 24.5 Å². The first-order valence-corrected chi connectivity index (χ1v) is 10.5. The maximum atomic E-state index is 13.2. The quantitative estimate of drug-likeness (QED) is 0.342. The molecule has 2 aromatic carbocycles. The number of methoxy groups -OCH3 is 1. The Morgan fingerprint density at radius 2 is 1.76 bits per heavy atom. The zero-order chi connectivity index (χ0) is 23.5. The largest absolute Gasteiger partial charge is 0.507 e. The molecule has 33 heavy (non-hydrogen) atoms. The van der Waals surface area contributed by atoms with Gasteiger partial charge < -0.3 is 14.6 Å². The fourth-order valence-corrected chi connectivity index (χ4v) is 3.80. The van der Waals surface area contributed by atoms with Crippen LogP contribution in [0.4, 0.5) is 5.69 Å². The highest BCUT2D eigenvalue weighted by atomic mass is 16.5. The van der Waals surface area contributed by atoms with Gasteiger partial charge in [0, 0.05) is 17.4 Å². The van der Waals surface area contributed by atoms with E-state index in [2.05, 4.69) is 4.98 Å². The topological polar surface area (TPSA) is 89.0 Å². The molecule has 1 atom stereocenters. The Morgan fingerprint density at radius 3 is 2.39 bits per heavy atom. The molecule has 1 aliphatic heterocycles. The fraction of sp³-hybridized carbons (Fsp3) is 0.192. The van der Waals surface area contributed by atoms with E-state index in [1.165, 1.54) is 4.90 Å². The van der Waals surface area contributed by atoms with Crippen molar-refractivity contribution in [3.63, 3.8) is 0 Å². The van der Waals surface area contributed by atoms with Gasteiger partial charge in [-0.1, -0.05) is 18.2 Å². The molecule has 1 aliphatic rings. The number of hydrogen-bond acceptors (Lipinski definition) is 6. The highest BCUT2D eigenvalue weighted by molar-refractivity contribution is 6.51. The fourth-order valence-electron chi connectivity index (χ4n) is 3.80. The number of aliphatic hydroxyl groups is 1. The second kappa shape index (κ2) is 9.16. The van der Waals surface area contributed by atoms with Gasteiger partial charge in [-0.25, -0.2) is 0 Å². The summed E-state index contributed by atoms with van der Waals surface area (Å²) in [5.74, 6) is -0.644. The molecule has 1 aromatic heterocycles. The monoisotopic (exact) mass is 444 g/mol. The number of ketones is 1. The Balaban J connectivity index is 1.87. The van der Waals surface area contributed by atoms with Crippen molar-refractivity contribution in [3.8, 4) is 11.5 Å². The van der Waals surface area contributed by atoms with Gasteiger partial charge in [0.2, 0.25) is 0 Å². The van der Waals surface area contributed by atoms with Crippen LogP contribution in [0.3, 0.4) is 0 Å². The number of hydrogen-bond donors (Lipinski definition) is 1. The molecular weight excluding hydrogens is 420 g/mol. The predicted octanol–water partition coefficient (Wildman–Crippen LogP) is 4.50. The van der Waals surface area contributed by atoms with Crippen LogP contribution in [-0.4, -0.2) is 35.0 Å². The average Bonchev–Trinajstić information content (AvgIpc) is 3.09. The Kier molecular flexibility index (Phi) is 6.13. The van der Waals surface area contributed by atoms with Crippen LogP contribution in [0.25, 0.3) is 5.76 Å². The molecule has 2 heterocycles. The standard InChI is InChI=1S/C26H24N2O5/c1-16(2)33-20-8-6-7-17(15-20)24(29)22-23(21-9-4-5-14-27-21)28(26(31)25(22)30)18-10-12-19(32-3)13-11-18/h4-16,23,29H,1-3H3/b24-22-. The maximum Gasteiger partial charge on any atom is 0.300 e. The zero-order valence-corrected chi connectivity index (χ0v) is 18.6. The molecule has 4 rings (SSSR count). The van der Waals surface area contributed by atoms with E-state index >= 15 is 0 Å². The minimum Gasteiger partial charge on any atom is -0.507 e. The molecular formula is C26H24N2O5. The van der Waals surface area contributed by atoms with Crippen molar-refractivity contribution < 1.29 is 24.2 Å². The van der Waals surface area contributed by atoms with E-state index in [-0.39, 0.29) is 17.4 Å². The average molecular weight is 444 g/mol. The van der Waals surface area contributed by atoms with E-state index in [0.717, 1.165) is 0 Å². The van der Waals surface area contributed by atoms with Crippen molar-refractivity contribution in [2.45, 2.75) is 26.0 Å². The third-order valence-electron chi connectivity index (χ3n) is 5.24. The number of carbonyl (C=O) groups excluding carboxylic acids is 2. The lowest BCUT2D eigenvalue weighted by atomic mass is 9.98. The van der Waals surface area contributed by atoms with E-state index in [4.69, 9.17) is 9.47 Å². The van der Waals surface area contributed by atoms with Crippen LogP contribution >= 0.6 is 0 Å². The Bertz CT molecular complexity index is 1200. The molecule has 0 spiro atoms. The summed E-state index contributed by atoms with van der Waals surface area (Å²) in [6.45, 7) is 3.79. The summed E-state index contributed by atoms with van der Waals surface area (Å²) in [4.78, 5) is 32.1. The van der Waals surface area contributed by atoms with Gasteiger partial charge in [-0.2, -0.15) is 0 Å². The zero-order valence-electron chi connectivity index (χ0n) is 18.6. The van der Waals surface area contributed by atoms with E-state index in [0.29, 0.717) is 28.4 Å². The Morgan fingerprint density at radius 1 is 1.00 bits per heavy atom. The van der Waals surface area contributed by atoms with Gasteiger partial charge in [0.15, 0.2) is 0 Å². The summed E-state index contributed by atoms with van der Waals surface area (Å²) >= 11 is 0. The lowest BCUT2D eigenvalue weighted by molar-refractivity contribution is -0.132. The molecule has 168 valence electrons. The number of aliphatic hydroxyl groups excluding tert-OH is 1. The van der Waals surface area contributed by atoms with Crippen molar-refractivity contribution >= 4 is 23.1 Å². The summed E-state index contributed by atoms with van der Waals surface area (Å²) in [5, 5.41) is 11.2. The van der Waals surface area contributed by atoms with Crippen molar-refractivity contribution in [2.75, 3.05) is 12.0 Å². The number of carbonyl (C=O) groups is 2. The summed E-state index contributed by atoms with van der Waals surface area (Å²) in [6.07, 6.45) is 1.53. The van der Waals surface area contributed by atoms with E-state index in [1.807, 2.05) is 13.8 Å². The molecule has 1 unspecified atom stereocenters. The number of aromatic nitrogens is 1. The molecule has 0 radical (unpaired) electrons. The molecule has 1 fully saturated rings. The number of Topliss-reactive ketones (excluding diaryl/α,β-unsaturated/α-hetero) is 1. The predicted molar refractivity (Wildman–Crippen MR) is 124 cm³/mol. The molecule has 3 aromatic rings. The SMILES string of the molecule is COc1ccc(N2C(=O)C(=O)/C(=C(\O)c3cccc(OC(C)C)c3)C2c2ccccn2)cc1. The minimum absolute atomic E-state index is 0.0313. The minimum atomic E-state index is -0.894. The third-order valence-corrected chi connectivity index (χ3v) is 5.24. The molecule has 1 saturated heterocycles. The van der Waals surface area contributed by atoms with Crippen LogP contribution in [0, 0.1) is 0 Å². The first-order chi connectivity index (χ1) is 15.9. The van der Waals surface area contributed by atoms with Gasteiger partial charge in [0.1, 0.15) is 23.3 Å². The lowest BCUT2D eigenvalue weighted by Crippen LogP contribution is -2.29.